The summed E-state index contributed by atoms with van der Waals surface area (Å²) < 4.78 is 10.8. The van der Waals surface area contributed by atoms with E-state index < -0.39 is 0 Å². The number of benzene rings is 1. The highest BCUT2D eigenvalue weighted by molar-refractivity contribution is 5.94. The number of pyridine rings is 1. The number of carbonyl (C=O) groups is 1. The zero-order chi connectivity index (χ0) is 17.5. The third kappa shape index (κ3) is 4.70. The third-order valence-corrected chi connectivity index (χ3v) is 4.19. The Labute approximate surface area is 147 Å². The molecule has 25 heavy (non-hydrogen) atoms. The molecule has 6 heteroatoms. The summed E-state index contributed by atoms with van der Waals surface area (Å²) in [6.07, 6.45) is 3.78. The van der Waals surface area contributed by atoms with Crippen molar-refractivity contribution in [1.82, 2.24) is 10.3 Å². The van der Waals surface area contributed by atoms with Crippen LogP contribution in [0.15, 0.2) is 42.6 Å². The van der Waals surface area contributed by atoms with Gasteiger partial charge in [0.1, 0.15) is 11.6 Å². The zero-order valence-corrected chi connectivity index (χ0v) is 14.3. The normalized spacial score (nSPS) is 16.4. The average molecular weight is 341 g/mol. The molecule has 1 atom stereocenters. The lowest BCUT2D eigenvalue weighted by Gasteiger charge is -2.11. The Morgan fingerprint density at radius 1 is 1.32 bits per heavy atom. The topological polar surface area (TPSA) is 72.5 Å². The molecule has 3 rings (SSSR count). The largest absolute Gasteiger partial charge is 0.496 e. The molecule has 2 heterocycles. The number of para-hydroxylation sites is 1. The minimum absolute atomic E-state index is 0.126. The monoisotopic (exact) mass is 341 g/mol. The van der Waals surface area contributed by atoms with E-state index in [2.05, 4.69) is 15.6 Å². The van der Waals surface area contributed by atoms with E-state index >= 15 is 0 Å². The molecule has 1 fully saturated rings. The predicted octanol–water partition coefficient (Wildman–Crippen LogP) is 2.61. The van der Waals surface area contributed by atoms with E-state index in [1.165, 1.54) is 0 Å². The van der Waals surface area contributed by atoms with Gasteiger partial charge in [0.05, 0.1) is 18.8 Å². The van der Waals surface area contributed by atoms with Crippen LogP contribution in [0.2, 0.25) is 0 Å². The van der Waals surface area contributed by atoms with Crippen LogP contribution in [-0.2, 0) is 11.3 Å². The van der Waals surface area contributed by atoms with Gasteiger partial charge in [0, 0.05) is 31.5 Å². The summed E-state index contributed by atoms with van der Waals surface area (Å²) in [5.41, 5.74) is 1.59. The van der Waals surface area contributed by atoms with Gasteiger partial charge in [-0.15, -0.1) is 0 Å². The molecule has 0 radical (unpaired) electrons. The van der Waals surface area contributed by atoms with Gasteiger partial charge in [0.2, 0.25) is 0 Å². The van der Waals surface area contributed by atoms with Crippen LogP contribution >= 0.6 is 0 Å². The van der Waals surface area contributed by atoms with Gasteiger partial charge < -0.3 is 20.1 Å². The highest BCUT2D eigenvalue weighted by atomic mass is 16.5. The van der Waals surface area contributed by atoms with Crippen molar-refractivity contribution in [2.45, 2.75) is 25.5 Å². The van der Waals surface area contributed by atoms with Gasteiger partial charge >= 0.3 is 0 Å². The summed E-state index contributed by atoms with van der Waals surface area (Å²) >= 11 is 0. The summed E-state index contributed by atoms with van der Waals surface area (Å²) in [5, 5.41) is 6.13. The van der Waals surface area contributed by atoms with Crippen LogP contribution < -0.4 is 15.4 Å². The van der Waals surface area contributed by atoms with E-state index in [1.54, 1.807) is 25.4 Å². The number of ether oxygens (including phenoxy) is 2. The second-order valence-corrected chi connectivity index (χ2v) is 5.94. The second kappa shape index (κ2) is 8.48. The average Bonchev–Trinajstić information content (AvgIpc) is 3.18. The van der Waals surface area contributed by atoms with Crippen molar-refractivity contribution < 1.29 is 14.3 Å². The number of aromatic nitrogens is 1. The van der Waals surface area contributed by atoms with E-state index in [4.69, 9.17) is 9.47 Å². The second-order valence-electron chi connectivity index (χ2n) is 5.94. The van der Waals surface area contributed by atoms with Crippen LogP contribution in [0.1, 0.15) is 28.8 Å². The number of carbonyl (C=O) groups excluding carboxylic acids is 1. The fourth-order valence-electron chi connectivity index (χ4n) is 2.78. The lowest BCUT2D eigenvalue weighted by atomic mass is 10.2. The molecule has 6 nitrogen and oxygen atoms in total. The van der Waals surface area contributed by atoms with Crippen molar-refractivity contribution in [1.29, 1.82) is 0 Å². The van der Waals surface area contributed by atoms with Gasteiger partial charge in [-0.1, -0.05) is 18.2 Å². The van der Waals surface area contributed by atoms with E-state index in [1.807, 2.05) is 24.3 Å². The van der Waals surface area contributed by atoms with E-state index in [0.29, 0.717) is 24.5 Å². The molecule has 1 unspecified atom stereocenters. The molecule has 0 aliphatic carbocycles. The molecule has 0 bridgehead atoms. The molecule has 2 N–H and O–H groups in total. The minimum Gasteiger partial charge on any atom is -0.496 e. The first kappa shape index (κ1) is 17.2. The van der Waals surface area contributed by atoms with Crippen LogP contribution in [0.4, 0.5) is 5.82 Å². The van der Waals surface area contributed by atoms with Crippen LogP contribution in [0.3, 0.4) is 0 Å². The maximum Gasteiger partial charge on any atom is 0.252 e. The zero-order valence-electron chi connectivity index (χ0n) is 14.3. The Morgan fingerprint density at radius 3 is 2.92 bits per heavy atom. The van der Waals surface area contributed by atoms with Gasteiger partial charge in [-0.2, -0.15) is 0 Å². The highest BCUT2D eigenvalue weighted by Crippen LogP contribution is 2.18. The van der Waals surface area contributed by atoms with Crippen molar-refractivity contribution in [2.24, 2.45) is 0 Å². The maximum atomic E-state index is 12.1. The Morgan fingerprint density at radius 2 is 2.20 bits per heavy atom. The summed E-state index contributed by atoms with van der Waals surface area (Å²) in [6, 6.07) is 11.4. The standard InChI is InChI=1S/C19H23N3O3/c1-24-17-7-3-2-5-14(17)11-20-18-9-8-15(12-21-18)19(23)22-13-16-6-4-10-25-16/h2-3,5,7-9,12,16H,4,6,10-11,13H2,1H3,(H,20,21)(H,22,23). The smallest absolute Gasteiger partial charge is 0.252 e. The fraction of sp³-hybridized carbons (Fsp3) is 0.368. The number of methoxy groups -OCH3 is 1. The summed E-state index contributed by atoms with van der Waals surface area (Å²) in [4.78, 5) is 16.4. The first-order chi connectivity index (χ1) is 12.3. The molecule has 0 spiro atoms. The Bertz CT molecular complexity index is 697. The molecule has 1 aromatic heterocycles. The van der Waals surface area contributed by atoms with Crippen molar-refractivity contribution in [2.75, 3.05) is 25.6 Å². The molecule has 1 amide bonds. The van der Waals surface area contributed by atoms with Crippen LogP contribution in [0.25, 0.3) is 0 Å². The summed E-state index contributed by atoms with van der Waals surface area (Å²) in [7, 11) is 1.65. The highest BCUT2D eigenvalue weighted by Gasteiger charge is 2.16. The number of nitrogens with zero attached hydrogens (tertiary/aromatic N) is 1. The molecule has 2 aromatic rings. The molecular formula is C19H23N3O3. The van der Waals surface area contributed by atoms with E-state index in [9.17, 15) is 4.79 Å². The van der Waals surface area contributed by atoms with Crippen molar-refractivity contribution >= 4 is 11.7 Å². The SMILES string of the molecule is COc1ccccc1CNc1ccc(C(=O)NCC2CCCO2)cn1. The lowest BCUT2D eigenvalue weighted by Crippen LogP contribution is -2.31. The van der Waals surface area contributed by atoms with Gasteiger partial charge in [0.15, 0.2) is 0 Å². The third-order valence-electron chi connectivity index (χ3n) is 4.19. The molecule has 1 aliphatic rings. The predicted molar refractivity (Wildman–Crippen MR) is 95.9 cm³/mol. The molecular weight excluding hydrogens is 318 g/mol. The first-order valence-electron chi connectivity index (χ1n) is 8.48. The molecule has 1 saturated heterocycles. The van der Waals surface area contributed by atoms with Crippen molar-refractivity contribution in [3.8, 4) is 5.75 Å². The minimum atomic E-state index is -0.126. The summed E-state index contributed by atoms with van der Waals surface area (Å²) in [6.45, 7) is 1.93. The summed E-state index contributed by atoms with van der Waals surface area (Å²) in [5.74, 6) is 1.42. The van der Waals surface area contributed by atoms with Gasteiger partial charge in [-0.3, -0.25) is 4.79 Å². The van der Waals surface area contributed by atoms with Gasteiger partial charge in [-0.05, 0) is 31.0 Å². The number of anilines is 1. The van der Waals surface area contributed by atoms with Gasteiger partial charge in [-0.25, -0.2) is 4.98 Å². The molecule has 0 saturated carbocycles. The number of amides is 1. The maximum absolute atomic E-state index is 12.1. The van der Waals surface area contributed by atoms with Crippen LogP contribution in [0, 0.1) is 0 Å². The fourth-order valence-corrected chi connectivity index (χ4v) is 2.78. The van der Waals surface area contributed by atoms with Gasteiger partial charge in [0.25, 0.3) is 5.91 Å². The quantitative estimate of drug-likeness (QED) is 0.810. The van der Waals surface area contributed by atoms with E-state index in [-0.39, 0.29) is 12.0 Å². The number of hydrogen-bond acceptors (Lipinski definition) is 5. The number of rotatable bonds is 7. The Kier molecular flexibility index (Phi) is 5.85. The Balaban J connectivity index is 1.52. The van der Waals surface area contributed by atoms with Crippen LogP contribution in [0.5, 0.6) is 5.75 Å². The van der Waals surface area contributed by atoms with Crippen molar-refractivity contribution in [3.63, 3.8) is 0 Å². The number of nitrogens with one attached hydrogen (secondary N) is 2. The molecule has 1 aliphatic heterocycles. The van der Waals surface area contributed by atoms with Crippen molar-refractivity contribution in [3.05, 3.63) is 53.7 Å². The van der Waals surface area contributed by atoms with E-state index in [0.717, 1.165) is 30.8 Å². The Hall–Kier alpha value is -2.60. The lowest BCUT2D eigenvalue weighted by molar-refractivity contribution is 0.0857. The first-order valence-corrected chi connectivity index (χ1v) is 8.48. The molecule has 132 valence electrons. The number of hydrogen-bond donors (Lipinski definition) is 2. The van der Waals surface area contributed by atoms with Crippen LogP contribution in [-0.4, -0.2) is 37.3 Å². The molecule has 1 aromatic carbocycles.